The van der Waals surface area contributed by atoms with Gasteiger partial charge in [0.1, 0.15) is 5.82 Å². The van der Waals surface area contributed by atoms with Crippen LogP contribution >= 0.6 is 0 Å². The lowest BCUT2D eigenvalue weighted by atomic mass is 10.1. The molecular weight excluding hydrogens is 412 g/mol. The lowest BCUT2D eigenvalue weighted by Gasteiger charge is -2.08. The largest absolute Gasteiger partial charge is 0.266 e. The van der Waals surface area contributed by atoms with Crippen molar-refractivity contribution in [3.8, 4) is 0 Å². The van der Waals surface area contributed by atoms with Crippen LogP contribution in [0.1, 0.15) is 5.56 Å². The van der Waals surface area contributed by atoms with Crippen LogP contribution in [-0.2, 0) is 16.6 Å². The average Bonchev–Trinajstić information content (AvgIpc) is 3.08. The zero-order chi connectivity index (χ0) is 20.6. The summed E-state index contributed by atoms with van der Waals surface area (Å²) in [6, 6.07) is 4.97. The van der Waals surface area contributed by atoms with Crippen LogP contribution in [0.15, 0.2) is 41.4 Å². The molecule has 3 aromatic rings. The summed E-state index contributed by atoms with van der Waals surface area (Å²) in [6.07, 6.45) is 1.07. The molecule has 2 aromatic carbocycles. The molecule has 0 saturated carbocycles. The highest BCUT2D eigenvalue weighted by Gasteiger charge is 2.26. The van der Waals surface area contributed by atoms with E-state index in [0.29, 0.717) is 0 Å². The van der Waals surface area contributed by atoms with Gasteiger partial charge in [0.05, 0.1) is 17.0 Å². The Hall–Kier alpha value is -3.02. The van der Waals surface area contributed by atoms with Gasteiger partial charge in [0, 0.05) is 12.3 Å². The summed E-state index contributed by atoms with van der Waals surface area (Å²) in [7, 11) is -4.14. The topological polar surface area (TPSA) is 64.0 Å². The van der Waals surface area contributed by atoms with E-state index >= 15 is 0 Å². The number of aromatic nitrogens is 2. The van der Waals surface area contributed by atoms with Gasteiger partial charge in [-0.05, 0) is 24.3 Å². The second-order valence-electron chi connectivity index (χ2n) is 5.51. The van der Waals surface area contributed by atoms with Gasteiger partial charge in [-0.15, -0.1) is 0 Å². The van der Waals surface area contributed by atoms with Gasteiger partial charge in [0.25, 0.3) is 10.0 Å². The number of halogens is 6. The van der Waals surface area contributed by atoms with Crippen LogP contribution in [-0.4, -0.2) is 18.2 Å². The van der Waals surface area contributed by atoms with Gasteiger partial charge >= 0.3 is 0 Å². The van der Waals surface area contributed by atoms with Gasteiger partial charge in [-0.25, -0.2) is 34.8 Å². The van der Waals surface area contributed by atoms with E-state index in [4.69, 9.17) is 0 Å². The normalized spacial score (nSPS) is 11.6. The highest BCUT2D eigenvalue weighted by molar-refractivity contribution is 7.92. The molecule has 0 atom stereocenters. The highest BCUT2D eigenvalue weighted by Crippen LogP contribution is 2.24. The average molecular weight is 421 g/mol. The maximum atomic E-state index is 13.7. The van der Waals surface area contributed by atoms with Crippen molar-refractivity contribution in [2.45, 2.75) is 11.4 Å². The Balaban J connectivity index is 1.85. The monoisotopic (exact) mass is 421 g/mol. The maximum absolute atomic E-state index is 13.7. The predicted octanol–water partition coefficient (Wildman–Crippen LogP) is 3.57. The number of hydrogen-bond donors (Lipinski definition) is 1. The lowest BCUT2D eigenvalue weighted by molar-refractivity contribution is 0.367. The Bertz CT molecular complexity index is 1120. The summed E-state index contributed by atoms with van der Waals surface area (Å²) >= 11 is 0. The standard InChI is InChI=1S/C16H9F6N3O2S/c17-8-1-3-9(4-2-8)28(26,27)24-11-5-6-25(23-11)7-10-12(18)14(20)16(22)15(21)13(10)19/h1-6H,7H2,(H,23,24). The Morgan fingerprint density at radius 2 is 1.36 bits per heavy atom. The van der Waals surface area contributed by atoms with Gasteiger partial charge in [0.15, 0.2) is 29.1 Å². The number of anilines is 1. The van der Waals surface area contributed by atoms with Crippen molar-refractivity contribution >= 4 is 15.8 Å². The van der Waals surface area contributed by atoms with Crippen molar-refractivity contribution in [1.29, 1.82) is 0 Å². The van der Waals surface area contributed by atoms with Crippen molar-refractivity contribution in [3.63, 3.8) is 0 Å². The van der Waals surface area contributed by atoms with Crippen LogP contribution in [0.25, 0.3) is 0 Å². The predicted molar refractivity (Wildman–Crippen MR) is 84.8 cm³/mol. The van der Waals surface area contributed by atoms with Gasteiger partial charge in [0.2, 0.25) is 5.82 Å². The van der Waals surface area contributed by atoms with Crippen LogP contribution in [0.5, 0.6) is 0 Å². The first-order valence-electron chi connectivity index (χ1n) is 7.42. The Labute approximate surface area is 154 Å². The molecule has 0 aliphatic carbocycles. The third-order valence-corrected chi connectivity index (χ3v) is 5.00. The molecule has 1 N–H and O–H groups in total. The zero-order valence-electron chi connectivity index (χ0n) is 13.6. The molecular formula is C16H9F6N3O2S. The van der Waals surface area contributed by atoms with Gasteiger partial charge in [-0.2, -0.15) is 5.10 Å². The highest BCUT2D eigenvalue weighted by atomic mass is 32.2. The summed E-state index contributed by atoms with van der Waals surface area (Å²) in [5, 5.41) is 3.68. The molecule has 0 fully saturated rings. The van der Waals surface area contributed by atoms with E-state index in [2.05, 4.69) is 5.10 Å². The minimum absolute atomic E-state index is 0.275. The third kappa shape index (κ3) is 3.67. The van der Waals surface area contributed by atoms with Gasteiger partial charge < -0.3 is 0 Å². The quantitative estimate of drug-likeness (QED) is 0.389. The molecule has 0 aliphatic heterocycles. The number of hydrogen-bond acceptors (Lipinski definition) is 3. The van der Waals surface area contributed by atoms with E-state index in [1.54, 1.807) is 0 Å². The van der Waals surface area contributed by atoms with Crippen LogP contribution in [0.3, 0.4) is 0 Å². The third-order valence-electron chi connectivity index (χ3n) is 3.62. The van der Waals surface area contributed by atoms with E-state index in [0.717, 1.165) is 41.2 Å². The molecule has 148 valence electrons. The Kier molecular flexibility index (Phi) is 5.06. The fourth-order valence-electron chi connectivity index (χ4n) is 2.27. The summed E-state index contributed by atoms with van der Waals surface area (Å²) in [4.78, 5) is -0.275. The summed E-state index contributed by atoms with van der Waals surface area (Å²) in [5.74, 6) is -11.4. The zero-order valence-corrected chi connectivity index (χ0v) is 14.4. The Morgan fingerprint density at radius 1 is 0.821 bits per heavy atom. The van der Waals surface area contributed by atoms with Crippen LogP contribution < -0.4 is 4.72 Å². The number of rotatable bonds is 5. The molecule has 12 heteroatoms. The molecule has 0 bridgehead atoms. The summed E-state index contributed by atoms with van der Waals surface area (Å²) in [6.45, 7) is -0.843. The molecule has 3 rings (SSSR count). The van der Waals surface area contributed by atoms with Crippen LogP contribution in [0.4, 0.5) is 32.2 Å². The van der Waals surface area contributed by atoms with Crippen molar-refractivity contribution < 1.29 is 34.8 Å². The fraction of sp³-hybridized carbons (Fsp3) is 0.0625. The van der Waals surface area contributed by atoms with Crippen LogP contribution in [0, 0.1) is 34.9 Å². The minimum Gasteiger partial charge on any atom is -0.266 e. The molecule has 0 amide bonds. The number of nitrogens with zero attached hydrogens (tertiary/aromatic N) is 2. The second kappa shape index (κ2) is 7.19. The molecule has 0 radical (unpaired) electrons. The molecule has 5 nitrogen and oxygen atoms in total. The molecule has 28 heavy (non-hydrogen) atoms. The first-order valence-corrected chi connectivity index (χ1v) is 8.90. The van der Waals surface area contributed by atoms with Crippen molar-refractivity contribution in [1.82, 2.24) is 9.78 Å². The van der Waals surface area contributed by atoms with E-state index < -0.39 is 57.0 Å². The molecule has 0 aliphatic rings. The van der Waals surface area contributed by atoms with Crippen molar-refractivity contribution in [2.24, 2.45) is 0 Å². The number of benzene rings is 2. The SMILES string of the molecule is O=S(=O)(Nc1ccn(Cc2c(F)c(F)c(F)c(F)c2F)n1)c1ccc(F)cc1. The molecule has 0 unspecified atom stereocenters. The first kappa shape index (κ1) is 19.7. The minimum atomic E-state index is -4.14. The maximum Gasteiger partial charge on any atom is 0.263 e. The molecule has 1 aromatic heterocycles. The summed E-state index contributed by atoms with van der Waals surface area (Å²) in [5.41, 5.74) is -1.13. The van der Waals surface area contributed by atoms with Gasteiger partial charge in [-0.3, -0.25) is 9.40 Å². The van der Waals surface area contributed by atoms with Crippen LogP contribution in [0.2, 0.25) is 0 Å². The first-order chi connectivity index (χ1) is 13.1. The van der Waals surface area contributed by atoms with E-state index in [9.17, 15) is 34.8 Å². The van der Waals surface area contributed by atoms with Crippen molar-refractivity contribution in [2.75, 3.05) is 4.72 Å². The van der Waals surface area contributed by atoms with E-state index in [-0.39, 0.29) is 10.7 Å². The fourth-order valence-corrected chi connectivity index (χ4v) is 3.26. The van der Waals surface area contributed by atoms with Crippen molar-refractivity contribution in [3.05, 3.63) is 77.0 Å². The smallest absolute Gasteiger partial charge is 0.263 e. The van der Waals surface area contributed by atoms with Gasteiger partial charge in [-0.1, -0.05) is 0 Å². The number of sulfonamides is 1. The molecule has 1 heterocycles. The molecule has 0 saturated heterocycles. The molecule has 0 spiro atoms. The second-order valence-corrected chi connectivity index (χ2v) is 7.19. The van der Waals surface area contributed by atoms with E-state index in [1.165, 1.54) is 0 Å². The van der Waals surface area contributed by atoms with E-state index in [1.807, 2.05) is 4.72 Å². The number of nitrogens with one attached hydrogen (secondary N) is 1. The lowest BCUT2D eigenvalue weighted by Crippen LogP contribution is -2.14. The summed E-state index contributed by atoms with van der Waals surface area (Å²) < 4.78 is 107. The Morgan fingerprint density at radius 3 is 1.93 bits per heavy atom.